The second-order valence-corrected chi connectivity index (χ2v) is 5.63. The van der Waals surface area contributed by atoms with Crippen molar-refractivity contribution >= 4 is 5.91 Å². The van der Waals surface area contributed by atoms with Crippen LogP contribution in [0.15, 0.2) is 30.3 Å². The van der Waals surface area contributed by atoms with Crippen LogP contribution in [0.25, 0.3) is 0 Å². The van der Waals surface area contributed by atoms with Gasteiger partial charge in [0.1, 0.15) is 0 Å². The van der Waals surface area contributed by atoms with Crippen LogP contribution in [0, 0.1) is 0 Å². The zero-order valence-corrected chi connectivity index (χ0v) is 12.3. The largest absolute Gasteiger partial charge is 0.372 e. The van der Waals surface area contributed by atoms with Crippen LogP contribution in [0.5, 0.6) is 0 Å². The van der Waals surface area contributed by atoms with Crippen LogP contribution in [0.1, 0.15) is 25.8 Å². The molecule has 1 aromatic rings. The third-order valence-corrected chi connectivity index (χ3v) is 3.64. The molecule has 2 N–H and O–H groups in total. The normalized spacial score (nSPS) is 24.4. The SMILES string of the molecule is C[C@@H]1CN(C(=O)C(N)CCc2ccccc2)C[C@H](C)O1. The van der Waals surface area contributed by atoms with Gasteiger partial charge in [-0.25, -0.2) is 0 Å². The Hall–Kier alpha value is -1.39. The standard InChI is InChI=1S/C16H24N2O2/c1-12-10-18(11-13(2)20-12)16(19)15(17)9-8-14-6-4-3-5-7-14/h3-7,12-13,15H,8-11,17H2,1-2H3/t12-,13+,15?. The Morgan fingerprint density at radius 3 is 2.50 bits per heavy atom. The fraction of sp³-hybridized carbons (Fsp3) is 0.562. The molecule has 2 rings (SSSR count). The van der Waals surface area contributed by atoms with E-state index in [0.29, 0.717) is 19.5 Å². The summed E-state index contributed by atoms with van der Waals surface area (Å²) in [5.41, 5.74) is 7.28. The number of rotatable bonds is 4. The predicted octanol–water partition coefficient (Wildman–Crippen LogP) is 1.58. The predicted molar refractivity (Wildman–Crippen MR) is 79.3 cm³/mol. The molecule has 4 heteroatoms. The van der Waals surface area contributed by atoms with Crippen LogP contribution < -0.4 is 5.73 Å². The Bertz CT molecular complexity index is 425. The van der Waals surface area contributed by atoms with Crippen LogP contribution in [0.4, 0.5) is 0 Å². The first-order valence-corrected chi connectivity index (χ1v) is 7.30. The molecule has 0 spiro atoms. The molecule has 0 aliphatic carbocycles. The van der Waals surface area contributed by atoms with Gasteiger partial charge in [-0.05, 0) is 32.3 Å². The number of morpholine rings is 1. The zero-order valence-electron chi connectivity index (χ0n) is 12.3. The summed E-state index contributed by atoms with van der Waals surface area (Å²) in [4.78, 5) is 14.2. The molecule has 1 aliphatic heterocycles. The highest BCUT2D eigenvalue weighted by Crippen LogP contribution is 2.13. The van der Waals surface area contributed by atoms with Gasteiger partial charge in [0.15, 0.2) is 0 Å². The van der Waals surface area contributed by atoms with E-state index in [1.54, 1.807) is 0 Å². The Morgan fingerprint density at radius 1 is 1.30 bits per heavy atom. The van der Waals surface area contributed by atoms with Gasteiger partial charge in [-0.15, -0.1) is 0 Å². The number of hydrogen-bond acceptors (Lipinski definition) is 3. The number of nitrogens with zero attached hydrogens (tertiary/aromatic N) is 1. The molecule has 1 aliphatic rings. The summed E-state index contributed by atoms with van der Waals surface area (Å²) in [6, 6.07) is 9.71. The summed E-state index contributed by atoms with van der Waals surface area (Å²) in [5, 5.41) is 0. The van der Waals surface area contributed by atoms with E-state index < -0.39 is 6.04 Å². The van der Waals surface area contributed by atoms with Gasteiger partial charge in [-0.3, -0.25) is 4.79 Å². The van der Waals surface area contributed by atoms with Crippen molar-refractivity contribution in [1.29, 1.82) is 0 Å². The minimum absolute atomic E-state index is 0.0444. The van der Waals surface area contributed by atoms with Gasteiger partial charge in [0.25, 0.3) is 0 Å². The fourth-order valence-electron chi connectivity index (χ4n) is 2.68. The third-order valence-electron chi connectivity index (χ3n) is 3.64. The number of benzene rings is 1. The van der Waals surface area contributed by atoms with Crippen molar-refractivity contribution in [2.24, 2.45) is 5.73 Å². The molecule has 1 amide bonds. The first-order valence-electron chi connectivity index (χ1n) is 7.30. The molecule has 0 radical (unpaired) electrons. The molecule has 1 fully saturated rings. The number of carbonyl (C=O) groups is 1. The Labute approximate surface area is 120 Å². The molecule has 1 heterocycles. The molecule has 110 valence electrons. The molecular formula is C16H24N2O2. The summed E-state index contributed by atoms with van der Waals surface area (Å²) in [6.45, 7) is 5.27. The number of carbonyl (C=O) groups excluding carboxylic acids is 1. The minimum atomic E-state index is -0.423. The van der Waals surface area contributed by atoms with Crippen LogP contribution in [0.3, 0.4) is 0 Å². The maximum atomic E-state index is 12.4. The third kappa shape index (κ3) is 4.05. The fourth-order valence-corrected chi connectivity index (χ4v) is 2.68. The molecule has 3 atom stereocenters. The highest BCUT2D eigenvalue weighted by atomic mass is 16.5. The molecule has 1 saturated heterocycles. The van der Waals surface area contributed by atoms with Gasteiger partial charge in [0.2, 0.25) is 5.91 Å². The molecule has 0 aromatic heterocycles. The summed E-state index contributed by atoms with van der Waals surface area (Å²) in [6.07, 6.45) is 1.69. The van der Waals surface area contributed by atoms with Gasteiger partial charge in [0, 0.05) is 13.1 Å². The number of hydrogen-bond donors (Lipinski definition) is 1. The highest BCUT2D eigenvalue weighted by Gasteiger charge is 2.28. The van der Waals surface area contributed by atoms with Crippen molar-refractivity contribution in [3.63, 3.8) is 0 Å². The number of amides is 1. The monoisotopic (exact) mass is 276 g/mol. The average molecular weight is 276 g/mol. The molecule has 1 aromatic carbocycles. The number of ether oxygens (including phenoxy) is 1. The second kappa shape index (κ2) is 6.86. The zero-order chi connectivity index (χ0) is 14.5. The lowest BCUT2D eigenvalue weighted by Gasteiger charge is -2.36. The summed E-state index contributed by atoms with van der Waals surface area (Å²) < 4.78 is 5.64. The lowest BCUT2D eigenvalue weighted by atomic mass is 10.0. The van der Waals surface area contributed by atoms with Crippen molar-refractivity contribution in [1.82, 2.24) is 4.90 Å². The summed E-state index contributed by atoms with van der Waals surface area (Å²) in [5.74, 6) is 0.0444. The molecule has 20 heavy (non-hydrogen) atoms. The van der Waals surface area contributed by atoms with Crippen LogP contribution in [-0.4, -0.2) is 42.1 Å². The smallest absolute Gasteiger partial charge is 0.239 e. The molecular weight excluding hydrogens is 252 g/mol. The van der Waals surface area contributed by atoms with Gasteiger partial charge in [-0.2, -0.15) is 0 Å². The van der Waals surface area contributed by atoms with E-state index in [4.69, 9.17) is 10.5 Å². The molecule has 4 nitrogen and oxygen atoms in total. The highest BCUT2D eigenvalue weighted by molar-refractivity contribution is 5.81. The van der Waals surface area contributed by atoms with E-state index in [2.05, 4.69) is 12.1 Å². The Morgan fingerprint density at radius 2 is 1.90 bits per heavy atom. The van der Waals surface area contributed by atoms with Crippen LogP contribution in [0.2, 0.25) is 0 Å². The van der Waals surface area contributed by atoms with Gasteiger partial charge in [-0.1, -0.05) is 30.3 Å². The van der Waals surface area contributed by atoms with Gasteiger partial charge < -0.3 is 15.4 Å². The second-order valence-electron chi connectivity index (χ2n) is 5.63. The van der Waals surface area contributed by atoms with Crippen LogP contribution >= 0.6 is 0 Å². The minimum Gasteiger partial charge on any atom is -0.372 e. The van der Waals surface area contributed by atoms with E-state index in [1.807, 2.05) is 36.9 Å². The van der Waals surface area contributed by atoms with E-state index in [9.17, 15) is 4.79 Å². The van der Waals surface area contributed by atoms with Gasteiger partial charge in [0.05, 0.1) is 18.2 Å². The van der Waals surface area contributed by atoms with Crippen molar-refractivity contribution in [2.45, 2.75) is 44.9 Å². The van der Waals surface area contributed by atoms with Crippen molar-refractivity contribution in [2.75, 3.05) is 13.1 Å². The van der Waals surface area contributed by atoms with Crippen LogP contribution in [-0.2, 0) is 16.0 Å². The summed E-state index contributed by atoms with van der Waals surface area (Å²) in [7, 11) is 0. The van der Waals surface area contributed by atoms with Crippen molar-refractivity contribution < 1.29 is 9.53 Å². The topological polar surface area (TPSA) is 55.6 Å². The van der Waals surface area contributed by atoms with Crippen molar-refractivity contribution in [3.05, 3.63) is 35.9 Å². The molecule has 0 bridgehead atoms. The number of nitrogens with two attached hydrogens (primary N) is 1. The van der Waals surface area contributed by atoms with E-state index in [0.717, 1.165) is 6.42 Å². The quantitative estimate of drug-likeness (QED) is 0.908. The van der Waals surface area contributed by atoms with Crippen molar-refractivity contribution in [3.8, 4) is 0 Å². The number of aryl methyl sites for hydroxylation is 1. The maximum Gasteiger partial charge on any atom is 0.239 e. The van der Waals surface area contributed by atoms with Gasteiger partial charge >= 0.3 is 0 Å². The average Bonchev–Trinajstić information content (AvgIpc) is 2.44. The first-order chi connectivity index (χ1) is 9.56. The first kappa shape index (κ1) is 15.0. The lowest BCUT2D eigenvalue weighted by Crippen LogP contribution is -2.53. The van der Waals surface area contributed by atoms with E-state index in [1.165, 1.54) is 5.56 Å². The maximum absolute atomic E-state index is 12.4. The van der Waals surface area contributed by atoms with E-state index >= 15 is 0 Å². The lowest BCUT2D eigenvalue weighted by molar-refractivity contribution is -0.144. The molecule has 0 saturated carbocycles. The van der Waals surface area contributed by atoms with E-state index in [-0.39, 0.29) is 18.1 Å². The molecule has 1 unspecified atom stereocenters. The Kier molecular flexibility index (Phi) is 5.15. The summed E-state index contributed by atoms with van der Waals surface area (Å²) >= 11 is 0. The Balaban J connectivity index is 1.85.